The van der Waals surface area contributed by atoms with Crippen molar-refractivity contribution in [3.8, 4) is 5.75 Å². The van der Waals surface area contributed by atoms with Crippen molar-refractivity contribution in [3.05, 3.63) is 46.4 Å². The molecule has 1 aliphatic carbocycles. The number of ether oxygens (including phenoxy) is 1. The number of carbonyl (C=O) groups is 3. The van der Waals surface area contributed by atoms with Gasteiger partial charge >= 0.3 is 0 Å². The van der Waals surface area contributed by atoms with Gasteiger partial charge in [0.15, 0.2) is 6.61 Å². The maximum absolute atomic E-state index is 12.3. The van der Waals surface area contributed by atoms with Crippen LogP contribution >= 0.6 is 11.3 Å². The van der Waals surface area contributed by atoms with Crippen LogP contribution in [0.15, 0.2) is 35.7 Å². The Hall–Kier alpha value is -2.98. The number of nitrogens with zero attached hydrogens (tertiary/aromatic N) is 1. The average molecular weight is 436 g/mol. The summed E-state index contributed by atoms with van der Waals surface area (Å²) in [6.07, 6.45) is -0.0185. The molecule has 10 heteroatoms. The molecule has 0 bridgehead atoms. The van der Waals surface area contributed by atoms with Gasteiger partial charge in [0.1, 0.15) is 5.75 Å². The van der Waals surface area contributed by atoms with Gasteiger partial charge in [0, 0.05) is 11.3 Å². The summed E-state index contributed by atoms with van der Waals surface area (Å²) < 4.78 is 5.40. The Morgan fingerprint density at radius 2 is 2.00 bits per heavy atom. The second-order valence-electron chi connectivity index (χ2n) is 6.69. The third-order valence-electron chi connectivity index (χ3n) is 4.47. The second-order valence-corrected chi connectivity index (χ2v) is 7.75. The number of aliphatic hydroxyl groups is 1. The molecule has 1 fully saturated rings. The number of hydrogen-bond donors (Lipinski definition) is 4. The number of aliphatic hydroxyl groups excluding tert-OH is 1. The van der Waals surface area contributed by atoms with Crippen LogP contribution in [0.2, 0.25) is 0 Å². The van der Waals surface area contributed by atoms with E-state index in [4.69, 9.17) is 14.6 Å². The number of carboxylic acid groups (broad SMARTS) is 1. The van der Waals surface area contributed by atoms with E-state index in [0.29, 0.717) is 25.1 Å². The van der Waals surface area contributed by atoms with Gasteiger partial charge < -0.3 is 25.6 Å². The molecule has 9 nitrogen and oxygen atoms in total. The fourth-order valence-corrected chi connectivity index (χ4v) is 3.72. The molecule has 2 aromatic rings. The molecule has 3 rings (SSSR count). The average Bonchev–Trinajstić information content (AvgIpc) is 3.31. The van der Waals surface area contributed by atoms with Crippen LogP contribution in [-0.4, -0.2) is 52.2 Å². The van der Waals surface area contributed by atoms with E-state index in [0.717, 1.165) is 10.7 Å². The van der Waals surface area contributed by atoms with E-state index in [1.807, 2.05) is 30.5 Å². The lowest BCUT2D eigenvalue weighted by Crippen LogP contribution is -2.42. The molecule has 0 unspecified atom stereocenters. The number of hydrogen-bond acceptors (Lipinski definition) is 7. The molecule has 0 spiro atoms. The molecule has 4 N–H and O–H groups in total. The number of nitrogens with one attached hydrogen (secondary N) is 2. The highest BCUT2D eigenvalue weighted by Crippen LogP contribution is 2.26. The van der Waals surface area contributed by atoms with Crippen molar-refractivity contribution < 1.29 is 29.3 Å². The molecule has 162 valence electrons. The predicted octanol–water partition coefficient (Wildman–Crippen LogP) is 1.10. The van der Waals surface area contributed by atoms with E-state index < -0.39 is 12.1 Å². The number of para-hydroxylation sites is 1. The first-order valence-electron chi connectivity index (χ1n) is 9.34. The van der Waals surface area contributed by atoms with E-state index in [9.17, 15) is 14.7 Å². The summed E-state index contributed by atoms with van der Waals surface area (Å²) in [5, 5.41) is 25.5. The highest BCUT2D eigenvalue weighted by molar-refractivity contribution is 7.09. The number of benzene rings is 1. The Bertz CT molecular complexity index is 829. The standard InChI is InChI=1S/C19H23N3O4S.CH2O2/c1-12-21-14(11-27-12)9-20-19(25)13-7-16(17(23)8-13)22-18(24)10-26-15-5-3-2-4-6-15;2-1-3/h2-6,11,13,16-17,23H,7-10H2,1H3,(H,20,25)(H,22,24);1H,(H,2,3)/t13-,16-,17-;/m0./s1. The first-order chi connectivity index (χ1) is 14.4. The molecule has 1 saturated carbocycles. The van der Waals surface area contributed by atoms with Gasteiger partial charge in [-0.2, -0.15) is 0 Å². The summed E-state index contributed by atoms with van der Waals surface area (Å²) in [7, 11) is 0. The van der Waals surface area contributed by atoms with E-state index in [1.165, 1.54) is 11.3 Å². The maximum atomic E-state index is 12.3. The quantitative estimate of drug-likeness (QED) is 0.478. The molecule has 1 aliphatic rings. The Morgan fingerprint density at radius 3 is 2.63 bits per heavy atom. The number of amides is 2. The lowest BCUT2D eigenvalue weighted by molar-refractivity contribution is -0.126. The molecule has 0 aliphatic heterocycles. The van der Waals surface area contributed by atoms with Crippen molar-refractivity contribution in [3.63, 3.8) is 0 Å². The van der Waals surface area contributed by atoms with E-state index in [1.54, 1.807) is 12.1 Å². The second kappa shape index (κ2) is 11.9. The van der Waals surface area contributed by atoms with Gasteiger partial charge in [-0.3, -0.25) is 14.4 Å². The van der Waals surface area contributed by atoms with E-state index >= 15 is 0 Å². The zero-order chi connectivity index (χ0) is 21.9. The van der Waals surface area contributed by atoms with Crippen LogP contribution in [0.4, 0.5) is 0 Å². The normalized spacial score (nSPS) is 19.9. The van der Waals surface area contributed by atoms with Crippen LogP contribution < -0.4 is 15.4 Å². The molecule has 1 aromatic carbocycles. The minimum atomic E-state index is -0.747. The SMILES string of the molecule is Cc1nc(CNC(=O)[C@H]2C[C@H](NC(=O)COc3ccccc3)[C@@H](O)C2)cs1.O=CO. The van der Waals surface area contributed by atoms with Gasteiger partial charge in [0.25, 0.3) is 12.4 Å². The molecule has 0 radical (unpaired) electrons. The molecule has 0 saturated heterocycles. The summed E-state index contributed by atoms with van der Waals surface area (Å²) in [5.74, 6) is -0.173. The Labute approximate surface area is 178 Å². The topological polar surface area (TPSA) is 138 Å². The lowest BCUT2D eigenvalue weighted by Gasteiger charge is -2.16. The number of carbonyl (C=O) groups excluding carboxylic acids is 2. The summed E-state index contributed by atoms with van der Waals surface area (Å²) in [6.45, 7) is 1.91. The van der Waals surface area contributed by atoms with Crippen molar-refractivity contribution in [2.45, 2.75) is 38.5 Å². The lowest BCUT2D eigenvalue weighted by atomic mass is 10.1. The molecule has 1 aromatic heterocycles. The van der Waals surface area contributed by atoms with Crippen molar-refractivity contribution in [2.24, 2.45) is 5.92 Å². The molecule has 30 heavy (non-hydrogen) atoms. The van der Waals surface area contributed by atoms with Crippen LogP contribution in [0, 0.1) is 12.8 Å². The van der Waals surface area contributed by atoms with Crippen LogP contribution in [0.1, 0.15) is 23.5 Å². The number of rotatable bonds is 7. The van der Waals surface area contributed by atoms with Gasteiger partial charge in [-0.15, -0.1) is 11.3 Å². The van der Waals surface area contributed by atoms with Crippen molar-refractivity contribution in [2.75, 3.05) is 6.61 Å². The van der Waals surface area contributed by atoms with Gasteiger partial charge in [-0.1, -0.05) is 18.2 Å². The van der Waals surface area contributed by atoms with Crippen molar-refractivity contribution >= 4 is 29.6 Å². The smallest absolute Gasteiger partial charge is 0.290 e. The van der Waals surface area contributed by atoms with Crippen LogP contribution in [-0.2, 0) is 20.9 Å². The minimum Gasteiger partial charge on any atom is -0.484 e. The van der Waals surface area contributed by atoms with Gasteiger partial charge in [-0.25, -0.2) is 4.98 Å². The molecule has 1 heterocycles. The third kappa shape index (κ3) is 7.45. The summed E-state index contributed by atoms with van der Waals surface area (Å²) in [6, 6.07) is 8.59. The van der Waals surface area contributed by atoms with Crippen LogP contribution in [0.5, 0.6) is 5.75 Å². The summed E-state index contributed by atoms with van der Waals surface area (Å²) in [4.78, 5) is 37.1. The fourth-order valence-electron chi connectivity index (χ4n) is 3.11. The zero-order valence-electron chi connectivity index (χ0n) is 16.5. The molecular formula is C20H25N3O6S. The van der Waals surface area contributed by atoms with E-state index in [2.05, 4.69) is 15.6 Å². The Morgan fingerprint density at radius 1 is 1.30 bits per heavy atom. The maximum Gasteiger partial charge on any atom is 0.290 e. The van der Waals surface area contributed by atoms with E-state index in [-0.39, 0.29) is 30.8 Å². The first-order valence-corrected chi connectivity index (χ1v) is 10.2. The highest BCUT2D eigenvalue weighted by Gasteiger charge is 2.37. The molecular weight excluding hydrogens is 410 g/mol. The zero-order valence-corrected chi connectivity index (χ0v) is 17.3. The van der Waals surface area contributed by atoms with Crippen molar-refractivity contribution in [1.29, 1.82) is 0 Å². The summed E-state index contributed by atoms with van der Waals surface area (Å²) in [5.41, 5.74) is 0.826. The first kappa shape index (κ1) is 23.3. The fraction of sp³-hybridized carbons (Fsp3) is 0.400. The number of aromatic nitrogens is 1. The van der Waals surface area contributed by atoms with Gasteiger partial charge in [0.05, 0.1) is 29.4 Å². The predicted molar refractivity (Wildman–Crippen MR) is 110 cm³/mol. The van der Waals surface area contributed by atoms with Crippen LogP contribution in [0.3, 0.4) is 0 Å². The van der Waals surface area contributed by atoms with Crippen LogP contribution in [0.25, 0.3) is 0 Å². The highest BCUT2D eigenvalue weighted by atomic mass is 32.1. The largest absolute Gasteiger partial charge is 0.484 e. The molecule has 3 atom stereocenters. The van der Waals surface area contributed by atoms with Gasteiger partial charge in [-0.05, 0) is 31.9 Å². The summed E-state index contributed by atoms with van der Waals surface area (Å²) >= 11 is 1.54. The third-order valence-corrected chi connectivity index (χ3v) is 5.29. The van der Waals surface area contributed by atoms with Crippen molar-refractivity contribution in [1.82, 2.24) is 15.6 Å². The minimum absolute atomic E-state index is 0.128. The Balaban J connectivity index is 0.00000101. The molecule has 2 amide bonds. The Kier molecular flexibility index (Phi) is 9.23. The number of thiazole rings is 1. The monoisotopic (exact) mass is 435 g/mol. The number of aryl methyl sites for hydroxylation is 1. The van der Waals surface area contributed by atoms with Gasteiger partial charge in [0.2, 0.25) is 5.91 Å².